The molecule has 20 heavy (non-hydrogen) atoms. The van der Waals surface area contributed by atoms with Crippen molar-refractivity contribution in [3.8, 4) is 0 Å². The molecular formula is C11H19ClO7S. The molecule has 9 heteroatoms. The molecule has 0 radical (unpaired) electrons. The van der Waals surface area contributed by atoms with Crippen molar-refractivity contribution in [2.24, 2.45) is 0 Å². The van der Waals surface area contributed by atoms with Gasteiger partial charge in [-0.05, 0) is 6.42 Å². The minimum absolute atomic E-state index is 0.0364. The predicted octanol–water partition coefficient (Wildman–Crippen LogP) is 0.836. The van der Waals surface area contributed by atoms with E-state index in [2.05, 4.69) is 0 Å². The number of hydrogen-bond donors (Lipinski definition) is 0. The van der Waals surface area contributed by atoms with Crippen LogP contribution in [-0.4, -0.2) is 60.8 Å². The Morgan fingerprint density at radius 2 is 1.85 bits per heavy atom. The van der Waals surface area contributed by atoms with Crippen molar-refractivity contribution in [2.45, 2.75) is 24.7 Å². The fourth-order valence-electron chi connectivity index (χ4n) is 1.78. The maximum absolute atomic E-state index is 11.3. The fraction of sp³-hybridized carbons (Fsp3) is 0.818. The van der Waals surface area contributed by atoms with Crippen LogP contribution in [0.5, 0.6) is 0 Å². The predicted molar refractivity (Wildman–Crippen MR) is 71.8 cm³/mol. The van der Waals surface area contributed by atoms with E-state index in [4.69, 9.17) is 34.7 Å². The number of methoxy groups -OCH3 is 2. The van der Waals surface area contributed by atoms with Crippen LogP contribution in [0.3, 0.4) is 0 Å². The number of rotatable bonds is 8. The van der Waals surface area contributed by atoms with Crippen LogP contribution in [0.1, 0.15) is 6.42 Å². The standard InChI is InChI=1S/C11H19ClO7S/c1-15-6-17-9-5-4-8(12)10(19-20(3,13)14)11(9)18-7-16-2/h4,9-11H,5-7H2,1-3H3/t9-,10-,11+/m1/s1. The van der Waals surface area contributed by atoms with Crippen molar-refractivity contribution in [3.05, 3.63) is 11.1 Å². The van der Waals surface area contributed by atoms with Gasteiger partial charge >= 0.3 is 0 Å². The maximum Gasteiger partial charge on any atom is 0.265 e. The van der Waals surface area contributed by atoms with E-state index in [0.717, 1.165) is 6.26 Å². The van der Waals surface area contributed by atoms with Crippen molar-refractivity contribution < 1.29 is 31.5 Å². The molecule has 0 bridgehead atoms. The highest BCUT2D eigenvalue weighted by molar-refractivity contribution is 7.86. The van der Waals surface area contributed by atoms with Crippen molar-refractivity contribution in [1.82, 2.24) is 0 Å². The molecule has 0 aromatic carbocycles. The molecule has 0 aliphatic heterocycles. The van der Waals surface area contributed by atoms with E-state index in [1.54, 1.807) is 6.08 Å². The molecule has 0 saturated heterocycles. The number of hydrogen-bond acceptors (Lipinski definition) is 7. The SMILES string of the molecule is COCO[C@@H]1[C@H](OS(C)(=O)=O)C(Cl)=CC[C@H]1OCOC. The minimum Gasteiger partial charge on any atom is -0.359 e. The second-order valence-electron chi connectivity index (χ2n) is 4.20. The van der Waals surface area contributed by atoms with Gasteiger partial charge in [-0.1, -0.05) is 17.7 Å². The van der Waals surface area contributed by atoms with Crippen molar-refractivity contribution >= 4 is 21.7 Å². The van der Waals surface area contributed by atoms with Crippen LogP contribution in [0.15, 0.2) is 11.1 Å². The third-order valence-electron chi connectivity index (χ3n) is 2.54. The Hall–Kier alpha value is -0.220. The highest BCUT2D eigenvalue weighted by Crippen LogP contribution is 2.30. The quantitative estimate of drug-likeness (QED) is 0.482. The van der Waals surface area contributed by atoms with Crippen LogP contribution < -0.4 is 0 Å². The zero-order valence-electron chi connectivity index (χ0n) is 11.6. The average Bonchev–Trinajstić information content (AvgIpc) is 2.36. The van der Waals surface area contributed by atoms with Gasteiger partial charge < -0.3 is 18.9 Å². The zero-order valence-corrected chi connectivity index (χ0v) is 13.1. The first-order valence-electron chi connectivity index (χ1n) is 5.84. The van der Waals surface area contributed by atoms with Crippen LogP contribution in [0.25, 0.3) is 0 Å². The van der Waals surface area contributed by atoms with Crippen LogP contribution in [0.4, 0.5) is 0 Å². The Morgan fingerprint density at radius 1 is 1.25 bits per heavy atom. The van der Waals surface area contributed by atoms with Gasteiger partial charge in [-0.15, -0.1) is 0 Å². The van der Waals surface area contributed by atoms with E-state index >= 15 is 0 Å². The first-order chi connectivity index (χ1) is 9.39. The summed E-state index contributed by atoms with van der Waals surface area (Å²) in [6, 6.07) is 0. The second-order valence-corrected chi connectivity index (χ2v) is 6.23. The highest BCUT2D eigenvalue weighted by atomic mass is 35.5. The molecule has 0 amide bonds. The lowest BCUT2D eigenvalue weighted by molar-refractivity contribution is -0.176. The van der Waals surface area contributed by atoms with E-state index in [1.165, 1.54) is 14.2 Å². The molecule has 0 spiro atoms. The van der Waals surface area contributed by atoms with Crippen LogP contribution in [0, 0.1) is 0 Å². The fourth-order valence-corrected chi connectivity index (χ4v) is 2.68. The van der Waals surface area contributed by atoms with Gasteiger partial charge in [0.1, 0.15) is 25.8 Å². The van der Waals surface area contributed by atoms with E-state index in [0.29, 0.717) is 6.42 Å². The highest BCUT2D eigenvalue weighted by Gasteiger charge is 2.39. The van der Waals surface area contributed by atoms with Gasteiger partial charge in [0.25, 0.3) is 10.1 Å². The molecule has 0 heterocycles. The van der Waals surface area contributed by atoms with Crippen molar-refractivity contribution in [2.75, 3.05) is 34.1 Å². The molecule has 0 aromatic rings. The minimum atomic E-state index is -3.69. The molecule has 0 saturated carbocycles. The van der Waals surface area contributed by atoms with Gasteiger partial charge in [-0.3, -0.25) is 4.18 Å². The molecule has 0 aromatic heterocycles. The van der Waals surface area contributed by atoms with E-state index in [-0.39, 0.29) is 18.6 Å². The molecule has 3 atom stereocenters. The summed E-state index contributed by atoms with van der Waals surface area (Å²) in [6.45, 7) is 0.0138. The zero-order chi connectivity index (χ0) is 15.2. The van der Waals surface area contributed by atoms with Crippen LogP contribution in [0.2, 0.25) is 0 Å². The normalized spacial score (nSPS) is 27.4. The van der Waals surface area contributed by atoms with E-state index in [9.17, 15) is 8.42 Å². The summed E-state index contributed by atoms with van der Waals surface area (Å²) in [5, 5.41) is 0.258. The summed E-state index contributed by atoms with van der Waals surface area (Å²) < 4.78 is 48.2. The van der Waals surface area contributed by atoms with Gasteiger partial charge in [0.05, 0.1) is 12.4 Å². The summed E-state index contributed by atoms with van der Waals surface area (Å²) in [7, 11) is -0.748. The Kier molecular flexibility index (Phi) is 7.38. The topological polar surface area (TPSA) is 80.3 Å². The third-order valence-corrected chi connectivity index (χ3v) is 3.46. The summed E-state index contributed by atoms with van der Waals surface area (Å²) >= 11 is 6.03. The summed E-state index contributed by atoms with van der Waals surface area (Å²) in [5.74, 6) is 0. The first-order valence-corrected chi connectivity index (χ1v) is 8.03. The number of halogens is 1. The maximum atomic E-state index is 11.3. The summed E-state index contributed by atoms with van der Waals surface area (Å²) in [4.78, 5) is 0. The summed E-state index contributed by atoms with van der Waals surface area (Å²) in [6.07, 6.45) is 0.934. The monoisotopic (exact) mass is 330 g/mol. The third kappa shape index (κ3) is 5.65. The number of ether oxygens (including phenoxy) is 4. The van der Waals surface area contributed by atoms with E-state index in [1.807, 2.05) is 0 Å². The molecule has 7 nitrogen and oxygen atoms in total. The lowest BCUT2D eigenvalue weighted by Gasteiger charge is -2.34. The van der Waals surface area contributed by atoms with E-state index < -0.39 is 28.4 Å². The molecule has 0 N–H and O–H groups in total. The average molecular weight is 331 g/mol. The van der Waals surface area contributed by atoms with Gasteiger partial charge in [0, 0.05) is 19.3 Å². The Balaban J connectivity index is 2.88. The van der Waals surface area contributed by atoms with Gasteiger partial charge in [0.15, 0.2) is 0 Å². The van der Waals surface area contributed by atoms with Crippen LogP contribution in [-0.2, 0) is 33.2 Å². The molecule has 1 rings (SSSR count). The molecule has 0 unspecified atom stereocenters. The molecule has 1 aliphatic rings. The lowest BCUT2D eigenvalue weighted by atomic mass is 9.98. The Labute approximate surface area is 123 Å². The van der Waals surface area contributed by atoms with Crippen molar-refractivity contribution in [1.29, 1.82) is 0 Å². The van der Waals surface area contributed by atoms with Crippen LogP contribution >= 0.6 is 11.6 Å². The van der Waals surface area contributed by atoms with Gasteiger partial charge in [-0.2, -0.15) is 8.42 Å². The lowest BCUT2D eigenvalue weighted by Crippen LogP contribution is -2.46. The molecule has 1 aliphatic carbocycles. The Morgan fingerprint density at radius 3 is 2.40 bits per heavy atom. The van der Waals surface area contributed by atoms with Gasteiger partial charge in [-0.25, -0.2) is 0 Å². The van der Waals surface area contributed by atoms with Crippen molar-refractivity contribution in [3.63, 3.8) is 0 Å². The molecular weight excluding hydrogens is 312 g/mol. The molecule has 118 valence electrons. The first kappa shape index (κ1) is 17.8. The Bertz CT molecular complexity index is 422. The van der Waals surface area contributed by atoms with Gasteiger partial charge in [0.2, 0.25) is 0 Å². The largest absolute Gasteiger partial charge is 0.359 e. The molecule has 0 fully saturated rings. The smallest absolute Gasteiger partial charge is 0.265 e. The second kappa shape index (κ2) is 8.28. The summed E-state index contributed by atoms with van der Waals surface area (Å²) in [5.41, 5.74) is 0.